The van der Waals surface area contributed by atoms with Crippen molar-refractivity contribution in [3.05, 3.63) is 41.0 Å². The van der Waals surface area contributed by atoms with Gasteiger partial charge in [-0.2, -0.15) is 0 Å². The van der Waals surface area contributed by atoms with Crippen LogP contribution in [-0.2, 0) is 0 Å². The normalized spacial score (nSPS) is 16.0. The van der Waals surface area contributed by atoms with E-state index in [9.17, 15) is 19.4 Å². The number of nitrogens with two attached hydrogens (primary N) is 1. The maximum absolute atomic E-state index is 14.9. The van der Waals surface area contributed by atoms with Crippen molar-refractivity contribution in [3.63, 3.8) is 0 Å². The molecular formula is C20H22FN5O3. The van der Waals surface area contributed by atoms with Crippen LogP contribution in [0.5, 0.6) is 0 Å². The Balaban J connectivity index is 1.92. The maximum atomic E-state index is 14.9. The molecule has 3 aromatic rings. The van der Waals surface area contributed by atoms with Crippen molar-refractivity contribution in [3.8, 4) is 11.3 Å². The lowest BCUT2D eigenvalue weighted by Crippen LogP contribution is -2.25. The summed E-state index contributed by atoms with van der Waals surface area (Å²) in [4.78, 5) is 23.7. The van der Waals surface area contributed by atoms with Crippen LogP contribution in [-0.4, -0.2) is 43.3 Å². The summed E-state index contributed by atoms with van der Waals surface area (Å²) < 4.78 is 14.9. The highest BCUT2D eigenvalue weighted by atomic mass is 19.1. The molecule has 4 rings (SSSR count). The van der Waals surface area contributed by atoms with E-state index in [2.05, 4.69) is 20.3 Å². The zero-order valence-corrected chi connectivity index (χ0v) is 16.0. The van der Waals surface area contributed by atoms with Gasteiger partial charge in [0.25, 0.3) is 0 Å². The van der Waals surface area contributed by atoms with Crippen molar-refractivity contribution >= 4 is 22.8 Å². The summed E-state index contributed by atoms with van der Waals surface area (Å²) in [5, 5.41) is 22.6. The van der Waals surface area contributed by atoms with Crippen molar-refractivity contribution in [2.75, 3.05) is 5.32 Å². The van der Waals surface area contributed by atoms with Gasteiger partial charge in [-0.05, 0) is 44.9 Å². The minimum Gasteiger partial charge on any atom is -0.478 e. The van der Waals surface area contributed by atoms with Gasteiger partial charge in [-0.15, -0.1) is 0 Å². The first-order valence-corrected chi connectivity index (χ1v) is 9.40. The molecule has 8 nitrogen and oxygen atoms in total. The molecule has 0 radical (unpaired) electrons. The number of aliphatic hydroxyl groups is 1. The Bertz CT molecular complexity index is 1110. The molecule has 6 N–H and O–H groups in total. The Hall–Kier alpha value is -3.04. The number of halogens is 1. The van der Waals surface area contributed by atoms with Crippen molar-refractivity contribution in [1.82, 2.24) is 15.0 Å². The number of H-pyrrole nitrogens is 1. The summed E-state index contributed by atoms with van der Waals surface area (Å²) in [5.74, 6) is -1.21. The van der Waals surface area contributed by atoms with E-state index in [-0.39, 0.29) is 22.5 Å². The minimum atomic E-state index is -1.22. The number of aromatic amines is 1. The first-order valence-electron chi connectivity index (χ1n) is 9.40. The van der Waals surface area contributed by atoms with E-state index in [0.29, 0.717) is 28.6 Å². The van der Waals surface area contributed by atoms with Gasteiger partial charge >= 0.3 is 5.97 Å². The Morgan fingerprint density at radius 3 is 2.72 bits per heavy atom. The average molecular weight is 399 g/mol. The fourth-order valence-electron chi connectivity index (χ4n) is 3.29. The highest BCUT2D eigenvalue weighted by Crippen LogP contribution is 2.34. The topological polar surface area (TPSA) is 137 Å². The molecule has 9 heteroatoms. The van der Waals surface area contributed by atoms with Crippen LogP contribution in [0.2, 0.25) is 0 Å². The number of carbonyl (C=O) groups is 1. The molecule has 1 saturated carbocycles. The van der Waals surface area contributed by atoms with Gasteiger partial charge in [-0.1, -0.05) is 0 Å². The number of anilines is 1. The number of nitrogens with one attached hydrogen (secondary N) is 2. The van der Waals surface area contributed by atoms with E-state index < -0.39 is 23.9 Å². The summed E-state index contributed by atoms with van der Waals surface area (Å²) in [5.41, 5.74) is 7.78. The second kappa shape index (κ2) is 7.09. The summed E-state index contributed by atoms with van der Waals surface area (Å²) in [6.07, 6.45) is 1.11. The van der Waals surface area contributed by atoms with Crippen LogP contribution >= 0.6 is 0 Å². The predicted molar refractivity (Wildman–Crippen MR) is 106 cm³/mol. The van der Waals surface area contributed by atoms with Gasteiger partial charge < -0.3 is 26.2 Å². The van der Waals surface area contributed by atoms with Crippen molar-refractivity contribution in [2.45, 2.75) is 44.9 Å². The molecule has 0 saturated heterocycles. The van der Waals surface area contributed by atoms with Gasteiger partial charge in [0.2, 0.25) is 0 Å². The van der Waals surface area contributed by atoms with Gasteiger partial charge in [-0.25, -0.2) is 19.2 Å². The molecule has 1 fully saturated rings. The Morgan fingerprint density at radius 2 is 2.10 bits per heavy atom. The molecule has 0 bridgehead atoms. The third-order valence-electron chi connectivity index (χ3n) is 5.08. The van der Waals surface area contributed by atoms with E-state index in [4.69, 9.17) is 5.73 Å². The number of rotatable bonds is 6. The van der Waals surface area contributed by atoms with Gasteiger partial charge in [0.15, 0.2) is 0 Å². The van der Waals surface area contributed by atoms with E-state index in [1.165, 1.54) is 19.1 Å². The van der Waals surface area contributed by atoms with Crippen LogP contribution in [0.25, 0.3) is 22.3 Å². The van der Waals surface area contributed by atoms with Crippen molar-refractivity contribution in [1.29, 1.82) is 0 Å². The number of aromatic carboxylic acids is 1. The average Bonchev–Trinajstić information content (AvgIpc) is 3.37. The summed E-state index contributed by atoms with van der Waals surface area (Å²) >= 11 is 0. The molecule has 0 spiro atoms. The lowest BCUT2D eigenvalue weighted by atomic mass is 10.1. The first-order chi connectivity index (χ1) is 13.8. The van der Waals surface area contributed by atoms with E-state index in [1.54, 1.807) is 6.07 Å². The van der Waals surface area contributed by atoms with Crippen LogP contribution < -0.4 is 11.1 Å². The molecule has 2 aromatic heterocycles. The summed E-state index contributed by atoms with van der Waals surface area (Å²) in [6.45, 7) is 3.29. The number of hydrogen-bond acceptors (Lipinski definition) is 6. The highest BCUT2D eigenvalue weighted by Gasteiger charge is 2.26. The fraction of sp³-hybridized carbons (Fsp3) is 0.350. The van der Waals surface area contributed by atoms with Gasteiger partial charge in [-0.3, -0.25) is 0 Å². The van der Waals surface area contributed by atoms with Crippen molar-refractivity contribution < 1.29 is 19.4 Å². The number of carboxylic acids is 1. The summed E-state index contributed by atoms with van der Waals surface area (Å²) in [6, 6.07) is 3.51. The highest BCUT2D eigenvalue weighted by molar-refractivity contribution is 5.96. The predicted octanol–water partition coefficient (Wildman–Crippen LogP) is 2.73. The van der Waals surface area contributed by atoms with Gasteiger partial charge in [0.1, 0.15) is 17.2 Å². The zero-order chi connectivity index (χ0) is 20.9. The SMILES string of the molecule is Cc1nc2ccc(F)c(-c3cc(C(=O)O)c([C@@H](N)[C@@H](C)O)[nH]3)c2nc1NC1CC1. The number of aryl methyl sites for hydroxylation is 1. The quantitative estimate of drug-likeness (QED) is 0.430. The van der Waals surface area contributed by atoms with Gasteiger partial charge in [0, 0.05) is 11.7 Å². The van der Waals surface area contributed by atoms with E-state index in [0.717, 1.165) is 12.8 Å². The van der Waals surface area contributed by atoms with Gasteiger partial charge in [0.05, 0.1) is 40.2 Å². The molecule has 0 amide bonds. The molecule has 2 atom stereocenters. The number of hydrogen-bond donors (Lipinski definition) is 5. The van der Waals surface area contributed by atoms with Crippen LogP contribution in [0.1, 0.15) is 47.6 Å². The zero-order valence-electron chi connectivity index (χ0n) is 16.0. The van der Waals surface area contributed by atoms with Crippen LogP contribution in [0.4, 0.5) is 10.2 Å². The van der Waals surface area contributed by atoms with Crippen LogP contribution in [0.15, 0.2) is 18.2 Å². The molecular weight excluding hydrogens is 377 g/mol. The number of benzene rings is 1. The lowest BCUT2D eigenvalue weighted by molar-refractivity contribution is 0.0693. The molecule has 152 valence electrons. The molecule has 2 heterocycles. The molecule has 29 heavy (non-hydrogen) atoms. The standard InChI is InChI=1S/C20H22FN5O3/c1-8-19(24-10-3-4-10)26-18-13(23-8)6-5-12(21)15(18)14-7-11(20(28)29)17(25-14)16(22)9(2)27/h5-7,9-10,16,25,27H,3-4,22H2,1-2H3,(H,24,26)(H,28,29)/t9-,16+/m1/s1. The Morgan fingerprint density at radius 1 is 1.38 bits per heavy atom. The minimum absolute atomic E-state index is 0.111. The molecule has 0 aliphatic heterocycles. The fourth-order valence-corrected chi connectivity index (χ4v) is 3.29. The smallest absolute Gasteiger partial charge is 0.337 e. The summed E-state index contributed by atoms with van der Waals surface area (Å²) in [7, 11) is 0. The molecule has 0 unspecified atom stereocenters. The Labute approximate surface area is 166 Å². The molecule has 1 aliphatic rings. The van der Waals surface area contributed by atoms with E-state index in [1.807, 2.05) is 6.92 Å². The van der Waals surface area contributed by atoms with Crippen LogP contribution in [0, 0.1) is 12.7 Å². The second-order valence-electron chi connectivity index (χ2n) is 7.45. The first kappa shape index (κ1) is 19.3. The van der Waals surface area contributed by atoms with Crippen molar-refractivity contribution in [2.24, 2.45) is 5.73 Å². The number of aromatic nitrogens is 3. The maximum Gasteiger partial charge on any atom is 0.337 e. The monoisotopic (exact) mass is 399 g/mol. The van der Waals surface area contributed by atoms with Crippen LogP contribution in [0.3, 0.4) is 0 Å². The number of nitrogens with zero attached hydrogens (tertiary/aromatic N) is 2. The largest absolute Gasteiger partial charge is 0.478 e. The van der Waals surface area contributed by atoms with E-state index >= 15 is 0 Å². The molecule has 1 aromatic carbocycles. The number of fused-ring (bicyclic) bond motifs is 1. The number of carboxylic acid groups (broad SMARTS) is 1. The number of aliphatic hydroxyl groups excluding tert-OH is 1. The lowest BCUT2D eigenvalue weighted by Gasteiger charge is -2.14. The third kappa shape index (κ3) is 3.54. The second-order valence-corrected chi connectivity index (χ2v) is 7.45. The third-order valence-corrected chi connectivity index (χ3v) is 5.08. The molecule has 1 aliphatic carbocycles. The Kier molecular flexibility index (Phi) is 4.71.